The highest BCUT2D eigenvalue weighted by Gasteiger charge is 2.15. The maximum atomic E-state index is 12.1. The van der Waals surface area contributed by atoms with E-state index in [-0.39, 0.29) is 17.4 Å². The van der Waals surface area contributed by atoms with E-state index in [1.165, 1.54) is 17.9 Å². The number of aromatic nitrogens is 3. The van der Waals surface area contributed by atoms with E-state index >= 15 is 0 Å². The van der Waals surface area contributed by atoms with Crippen molar-refractivity contribution in [3.63, 3.8) is 0 Å². The molecule has 0 unspecified atom stereocenters. The molecule has 0 aliphatic heterocycles. The summed E-state index contributed by atoms with van der Waals surface area (Å²) in [6.45, 7) is 1.47. The minimum absolute atomic E-state index is 0.0628. The molecule has 1 amide bonds. The number of ketones is 1. The summed E-state index contributed by atoms with van der Waals surface area (Å²) < 4.78 is 6.50. The topological polar surface area (TPSA) is 116 Å². The fraction of sp³-hybridized carbons (Fsp3) is 0.125. The van der Waals surface area contributed by atoms with Gasteiger partial charge in [-0.25, -0.2) is 4.68 Å². The molecule has 0 spiro atoms. The number of nitrogens with two attached hydrogens (primary N) is 1. The quantitative estimate of drug-likeness (QED) is 0.394. The zero-order chi connectivity index (χ0) is 17.8. The molecule has 3 aromatic rings. The third kappa shape index (κ3) is 3.89. The molecule has 0 aliphatic carbocycles. The lowest BCUT2D eigenvalue weighted by molar-refractivity contribution is -0.113. The van der Waals surface area contributed by atoms with Gasteiger partial charge in [-0.2, -0.15) is 0 Å². The minimum Gasteiger partial charge on any atom is -0.461 e. The molecule has 2 heterocycles. The third-order valence-electron chi connectivity index (χ3n) is 3.29. The molecule has 3 rings (SSSR count). The smallest absolute Gasteiger partial charge is 0.234 e. The average molecular weight is 357 g/mol. The molecule has 0 radical (unpaired) electrons. The van der Waals surface area contributed by atoms with Crippen LogP contribution < -0.4 is 11.2 Å². The van der Waals surface area contributed by atoms with Crippen molar-refractivity contribution in [3.8, 4) is 11.6 Å². The summed E-state index contributed by atoms with van der Waals surface area (Å²) >= 11 is 1.15. The fourth-order valence-corrected chi connectivity index (χ4v) is 2.75. The lowest BCUT2D eigenvalue weighted by Gasteiger charge is -2.06. The van der Waals surface area contributed by atoms with Crippen LogP contribution in [0.15, 0.2) is 52.2 Å². The van der Waals surface area contributed by atoms with Gasteiger partial charge in [0.15, 0.2) is 11.5 Å². The molecule has 128 valence electrons. The second kappa shape index (κ2) is 7.22. The average Bonchev–Trinajstić information content (AvgIpc) is 3.23. The lowest BCUT2D eigenvalue weighted by Crippen LogP contribution is -2.16. The first-order chi connectivity index (χ1) is 12.0. The first-order valence-electron chi connectivity index (χ1n) is 7.32. The van der Waals surface area contributed by atoms with Gasteiger partial charge in [-0.15, -0.1) is 10.2 Å². The van der Waals surface area contributed by atoms with E-state index in [2.05, 4.69) is 15.5 Å². The SMILES string of the molecule is CC(=O)c1cccc(NC(=O)CSc2nnc(-c3ccco3)n2N)c1. The van der Waals surface area contributed by atoms with Gasteiger partial charge in [0.2, 0.25) is 16.9 Å². The largest absolute Gasteiger partial charge is 0.461 e. The highest BCUT2D eigenvalue weighted by Crippen LogP contribution is 2.22. The summed E-state index contributed by atoms with van der Waals surface area (Å²) in [6.07, 6.45) is 1.51. The number of nitrogens with zero attached hydrogens (tertiary/aromatic N) is 3. The summed E-state index contributed by atoms with van der Waals surface area (Å²) in [7, 11) is 0. The van der Waals surface area contributed by atoms with E-state index in [1.807, 2.05) is 0 Å². The van der Waals surface area contributed by atoms with Crippen LogP contribution >= 0.6 is 11.8 Å². The van der Waals surface area contributed by atoms with Crippen molar-refractivity contribution in [1.29, 1.82) is 0 Å². The van der Waals surface area contributed by atoms with E-state index in [4.69, 9.17) is 10.3 Å². The Labute approximate surface area is 147 Å². The van der Waals surface area contributed by atoms with Gasteiger partial charge in [-0.3, -0.25) is 9.59 Å². The number of carbonyl (C=O) groups is 2. The molecule has 0 atom stereocenters. The number of thioether (sulfide) groups is 1. The van der Waals surface area contributed by atoms with Crippen molar-refractivity contribution in [2.75, 3.05) is 16.9 Å². The molecule has 2 aromatic heterocycles. The van der Waals surface area contributed by atoms with Crippen molar-refractivity contribution >= 4 is 29.1 Å². The molecular weight excluding hydrogens is 342 g/mol. The van der Waals surface area contributed by atoms with Crippen LogP contribution in [0.2, 0.25) is 0 Å². The highest BCUT2D eigenvalue weighted by molar-refractivity contribution is 7.99. The van der Waals surface area contributed by atoms with Gasteiger partial charge < -0.3 is 15.6 Å². The summed E-state index contributed by atoms with van der Waals surface area (Å²) in [5.41, 5.74) is 1.10. The standard InChI is InChI=1S/C16H15N5O3S/c1-10(22)11-4-2-5-12(8-11)18-14(23)9-25-16-20-19-15(21(16)17)13-6-3-7-24-13/h2-8H,9,17H2,1H3,(H,18,23). The third-order valence-corrected chi connectivity index (χ3v) is 4.23. The molecule has 1 aromatic carbocycles. The number of carbonyl (C=O) groups excluding carboxylic acids is 2. The van der Waals surface area contributed by atoms with Crippen LogP contribution in [0.1, 0.15) is 17.3 Å². The molecule has 0 aliphatic rings. The number of nitrogen functional groups attached to an aromatic ring is 1. The number of anilines is 1. The molecule has 0 saturated carbocycles. The van der Waals surface area contributed by atoms with Crippen molar-refractivity contribution in [2.45, 2.75) is 12.1 Å². The Kier molecular flexibility index (Phi) is 4.85. The predicted molar refractivity (Wildman–Crippen MR) is 93.7 cm³/mol. The molecule has 0 saturated heterocycles. The number of Topliss-reactive ketones (excluding diaryl/α,β-unsaturated/α-hetero) is 1. The molecule has 9 heteroatoms. The zero-order valence-corrected chi connectivity index (χ0v) is 14.1. The van der Waals surface area contributed by atoms with Crippen LogP contribution in [-0.4, -0.2) is 32.3 Å². The normalized spacial score (nSPS) is 10.6. The van der Waals surface area contributed by atoms with Crippen LogP contribution in [-0.2, 0) is 4.79 Å². The van der Waals surface area contributed by atoms with E-state index in [1.54, 1.807) is 36.4 Å². The molecule has 8 nitrogen and oxygen atoms in total. The Hall–Kier alpha value is -3.07. The molecule has 0 fully saturated rings. The van der Waals surface area contributed by atoms with Crippen molar-refractivity contribution in [3.05, 3.63) is 48.2 Å². The number of hydrogen-bond donors (Lipinski definition) is 2. The molecular formula is C16H15N5O3S. The second-order valence-corrected chi connectivity index (χ2v) is 6.07. The van der Waals surface area contributed by atoms with Gasteiger partial charge >= 0.3 is 0 Å². The Morgan fingerprint density at radius 2 is 2.12 bits per heavy atom. The summed E-state index contributed by atoms with van der Waals surface area (Å²) in [5.74, 6) is 6.59. The van der Waals surface area contributed by atoms with Gasteiger partial charge in [0.1, 0.15) is 0 Å². The van der Waals surface area contributed by atoms with Gasteiger partial charge in [-0.1, -0.05) is 23.9 Å². The number of nitrogens with one attached hydrogen (secondary N) is 1. The Morgan fingerprint density at radius 3 is 2.84 bits per heavy atom. The number of furan rings is 1. The maximum absolute atomic E-state index is 12.1. The molecule has 0 bridgehead atoms. The first-order valence-corrected chi connectivity index (χ1v) is 8.31. The van der Waals surface area contributed by atoms with Gasteiger partial charge in [-0.05, 0) is 31.2 Å². The number of rotatable bonds is 6. The van der Waals surface area contributed by atoms with Crippen molar-refractivity contribution in [1.82, 2.24) is 14.9 Å². The maximum Gasteiger partial charge on any atom is 0.234 e. The van der Waals surface area contributed by atoms with Gasteiger partial charge in [0, 0.05) is 11.3 Å². The van der Waals surface area contributed by atoms with Crippen LogP contribution in [0.4, 0.5) is 5.69 Å². The Bertz CT molecular complexity index is 904. The number of hydrogen-bond acceptors (Lipinski definition) is 7. The summed E-state index contributed by atoms with van der Waals surface area (Å²) in [4.78, 5) is 23.5. The minimum atomic E-state index is -0.242. The lowest BCUT2D eigenvalue weighted by atomic mass is 10.1. The molecule has 25 heavy (non-hydrogen) atoms. The second-order valence-electron chi connectivity index (χ2n) is 5.13. The fourth-order valence-electron chi connectivity index (χ4n) is 2.09. The Morgan fingerprint density at radius 1 is 1.28 bits per heavy atom. The van der Waals surface area contributed by atoms with E-state index < -0.39 is 0 Å². The van der Waals surface area contributed by atoms with Crippen LogP contribution in [0.25, 0.3) is 11.6 Å². The van der Waals surface area contributed by atoms with Crippen molar-refractivity contribution < 1.29 is 14.0 Å². The van der Waals surface area contributed by atoms with Gasteiger partial charge in [0.25, 0.3) is 0 Å². The van der Waals surface area contributed by atoms with Crippen LogP contribution in [0.5, 0.6) is 0 Å². The predicted octanol–water partition coefficient (Wildman–Crippen LogP) is 2.19. The summed E-state index contributed by atoms with van der Waals surface area (Å²) in [6, 6.07) is 10.2. The van der Waals surface area contributed by atoms with E-state index in [0.717, 1.165) is 11.8 Å². The number of amides is 1. The van der Waals surface area contributed by atoms with E-state index in [0.29, 0.717) is 28.0 Å². The van der Waals surface area contributed by atoms with Crippen LogP contribution in [0, 0.1) is 0 Å². The van der Waals surface area contributed by atoms with Crippen LogP contribution in [0.3, 0.4) is 0 Å². The highest BCUT2D eigenvalue weighted by atomic mass is 32.2. The van der Waals surface area contributed by atoms with Gasteiger partial charge in [0.05, 0.1) is 12.0 Å². The Balaban J connectivity index is 1.61. The first kappa shape index (κ1) is 16.8. The summed E-state index contributed by atoms with van der Waals surface area (Å²) in [5, 5.41) is 11.0. The van der Waals surface area contributed by atoms with Crippen molar-refractivity contribution in [2.24, 2.45) is 0 Å². The molecule has 3 N–H and O–H groups in total. The zero-order valence-electron chi connectivity index (χ0n) is 13.3. The monoisotopic (exact) mass is 357 g/mol. The van der Waals surface area contributed by atoms with E-state index in [9.17, 15) is 9.59 Å². The number of benzene rings is 1.